The lowest BCUT2D eigenvalue weighted by atomic mass is 9.71. The molecule has 0 bridgehead atoms. The first-order chi connectivity index (χ1) is 18.4. The molecule has 0 spiro atoms. The third-order valence-electron chi connectivity index (χ3n) is 7.18. The summed E-state index contributed by atoms with van der Waals surface area (Å²) in [4.78, 5) is 29.9. The van der Waals surface area contributed by atoms with E-state index in [-0.39, 0.29) is 42.6 Å². The molecule has 2 fully saturated rings. The van der Waals surface area contributed by atoms with Crippen LogP contribution in [0.3, 0.4) is 0 Å². The zero-order chi connectivity index (χ0) is 29.6. The second-order valence-electron chi connectivity index (χ2n) is 10.1. The molecule has 2 amide bonds. The van der Waals surface area contributed by atoms with Crippen LogP contribution < -0.4 is 10.2 Å². The Morgan fingerprint density at radius 2 is 1.73 bits per heavy atom. The molecular formula is C25H25F7N4O3S. The van der Waals surface area contributed by atoms with Gasteiger partial charge in [0.2, 0.25) is 17.7 Å². The van der Waals surface area contributed by atoms with Gasteiger partial charge in [0.05, 0.1) is 24.0 Å². The highest BCUT2D eigenvalue weighted by atomic mass is 32.5. The fourth-order valence-electron chi connectivity index (χ4n) is 4.92. The summed E-state index contributed by atoms with van der Waals surface area (Å²) in [6.07, 6.45) is 0.0926. The van der Waals surface area contributed by atoms with Crippen molar-refractivity contribution in [2.45, 2.75) is 61.1 Å². The molecule has 15 heteroatoms. The largest absolute Gasteiger partial charge is 0.392 e. The van der Waals surface area contributed by atoms with E-state index >= 15 is 0 Å². The molecule has 218 valence electrons. The number of amides is 2. The van der Waals surface area contributed by atoms with Gasteiger partial charge < -0.3 is 10.4 Å². The smallest absolute Gasteiger partial charge is 0.310 e. The fraction of sp³-hybridized carbons (Fsp3) is 0.440. The summed E-state index contributed by atoms with van der Waals surface area (Å²) in [6.45, 7) is 0. The van der Waals surface area contributed by atoms with Gasteiger partial charge in [0.15, 0.2) is 0 Å². The Balaban J connectivity index is 1.77. The van der Waals surface area contributed by atoms with E-state index in [0.717, 1.165) is 4.90 Å². The van der Waals surface area contributed by atoms with Crippen molar-refractivity contribution in [2.75, 3.05) is 4.90 Å². The maximum atomic E-state index is 13.7. The van der Waals surface area contributed by atoms with Gasteiger partial charge in [-0.3, -0.25) is 19.5 Å². The Morgan fingerprint density at radius 1 is 1.10 bits per heavy atom. The van der Waals surface area contributed by atoms with Crippen molar-refractivity contribution >= 4 is 27.7 Å². The number of alkyl halides is 2. The maximum absolute atomic E-state index is 13.7. The lowest BCUT2D eigenvalue weighted by Crippen LogP contribution is -2.54. The van der Waals surface area contributed by atoms with E-state index in [1.165, 1.54) is 24.5 Å². The van der Waals surface area contributed by atoms with E-state index < -0.39 is 75.7 Å². The van der Waals surface area contributed by atoms with Crippen LogP contribution in [0.25, 0.3) is 0 Å². The van der Waals surface area contributed by atoms with Gasteiger partial charge in [0.1, 0.15) is 10.9 Å². The number of nitrogens with one attached hydrogen (secondary N) is 1. The molecule has 2 N–H and O–H groups in total. The molecule has 40 heavy (non-hydrogen) atoms. The summed E-state index contributed by atoms with van der Waals surface area (Å²) in [5.41, 5.74) is -0.285. The normalized spacial score (nSPS) is 25.3. The van der Waals surface area contributed by atoms with Crippen molar-refractivity contribution in [3.05, 3.63) is 54.4 Å². The molecule has 0 radical (unpaired) electrons. The fourth-order valence-corrected chi connectivity index (χ4v) is 5.57. The molecule has 7 nitrogen and oxygen atoms in total. The van der Waals surface area contributed by atoms with Gasteiger partial charge in [-0.05, 0) is 49.6 Å². The lowest BCUT2D eigenvalue weighted by molar-refractivity contribution is -0.135. The number of rotatable bonds is 7. The number of nitrogens with zero attached hydrogens (tertiary/aromatic N) is 3. The van der Waals surface area contributed by atoms with Crippen molar-refractivity contribution in [3.63, 3.8) is 0 Å². The minimum absolute atomic E-state index is 0.0730. The van der Waals surface area contributed by atoms with Gasteiger partial charge in [-0.2, -0.15) is 5.26 Å². The van der Waals surface area contributed by atoms with Gasteiger partial charge in [0, 0.05) is 42.5 Å². The van der Waals surface area contributed by atoms with E-state index in [0.29, 0.717) is 12.1 Å². The Hall–Kier alpha value is -3.38. The summed E-state index contributed by atoms with van der Waals surface area (Å²) in [5.74, 6) is -7.03. The topological polar surface area (TPSA) is 106 Å². The van der Waals surface area contributed by atoms with E-state index in [9.17, 15) is 48.2 Å². The standard InChI is InChI=1S/C25H25F7N4O3S/c26-25(27)9-7-16(8-10-25)35-23(38)22(15-2-1-11-34-14-15)36(24(39)19-12-21(37)20(19)13-33)17-3-5-18(6-4-17)40(28,29,30,31)32/h1-6,11,14,16,19-22,37H,7-10,12H2,(H,35,38)/t19-,20-,21+,22?/m0/s1. The molecule has 2 aromatic rings. The molecule has 2 saturated carbocycles. The van der Waals surface area contributed by atoms with E-state index in [2.05, 4.69) is 10.3 Å². The van der Waals surface area contributed by atoms with Crippen molar-refractivity contribution < 1.29 is 42.9 Å². The molecule has 0 aliphatic heterocycles. The van der Waals surface area contributed by atoms with E-state index in [4.69, 9.17) is 0 Å². The second-order valence-corrected chi connectivity index (χ2v) is 12.5. The summed E-state index contributed by atoms with van der Waals surface area (Å²) in [6, 6.07) is 3.69. The van der Waals surface area contributed by atoms with Gasteiger partial charge in [0.25, 0.3) is 0 Å². The van der Waals surface area contributed by atoms with Gasteiger partial charge in [-0.15, -0.1) is 0 Å². The number of benzene rings is 1. The number of hydrogen-bond donors (Lipinski definition) is 2. The summed E-state index contributed by atoms with van der Waals surface area (Å²) < 4.78 is 94.1. The highest BCUT2D eigenvalue weighted by molar-refractivity contribution is 8.45. The van der Waals surface area contributed by atoms with Crippen LogP contribution >= 0.6 is 10.2 Å². The van der Waals surface area contributed by atoms with Crippen LogP contribution in [0.1, 0.15) is 43.7 Å². The molecule has 0 saturated heterocycles. The van der Waals surface area contributed by atoms with Gasteiger partial charge in [-0.1, -0.05) is 25.5 Å². The van der Waals surface area contributed by atoms with E-state index in [1.54, 1.807) is 6.07 Å². The Morgan fingerprint density at radius 3 is 2.23 bits per heavy atom. The number of aliphatic hydroxyl groups is 1. The Labute approximate surface area is 224 Å². The highest BCUT2D eigenvalue weighted by Crippen LogP contribution is 3.02. The maximum Gasteiger partial charge on any atom is 0.310 e. The molecule has 1 aromatic heterocycles. The first-order valence-corrected chi connectivity index (χ1v) is 14.2. The van der Waals surface area contributed by atoms with Crippen LogP contribution in [-0.2, 0) is 9.59 Å². The Kier molecular flexibility index (Phi) is 7.12. The second kappa shape index (κ2) is 9.62. The van der Waals surface area contributed by atoms with Crippen LogP contribution in [0, 0.1) is 23.2 Å². The van der Waals surface area contributed by atoms with Crippen LogP contribution in [0.5, 0.6) is 0 Å². The zero-order valence-electron chi connectivity index (χ0n) is 20.7. The molecule has 2 aliphatic rings. The number of pyridine rings is 1. The van der Waals surface area contributed by atoms with Crippen LogP contribution in [-0.4, -0.2) is 40.0 Å². The molecule has 4 rings (SSSR count). The summed E-state index contributed by atoms with van der Waals surface area (Å²) >= 11 is 0. The third kappa shape index (κ3) is 6.33. The summed E-state index contributed by atoms with van der Waals surface area (Å²) in [7, 11) is -10.1. The number of halogens is 7. The summed E-state index contributed by atoms with van der Waals surface area (Å²) in [5, 5.41) is 22.0. The molecular weight excluding hydrogens is 569 g/mol. The average Bonchev–Trinajstić information content (AvgIpc) is 2.86. The zero-order valence-corrected chi connectivity index (χ0v) is 21.5. The van der Waals surface area contributed by atoms with Crippen molar-refractivity contribution in [2.24, 2.45) is 11.8 Å². The minimum Gasteiger partial charge on any atom is -0.392 e. The predicted octanol–water partition coefficient (Wildman–Crippen LogP) is 6.03. The third-order valence-corrected chi connectivity index (χ3v) is 8.34. The van der Waals surface area contributed by atoms with Crippen LogP contribution in [0.2, 0.25) is 0 Å². The molecule has 2 aliphatic carbocycles. The Bertz CT molecular complexity index is 1310. The molecule has 1 heterocycles. The molecule has 1 aromatic carbocycles. The van der Waals surface area contributed by atoms with Gasteiger partial charge in [-0.25, -0.2) is 8.78 Å². The first-order valence-electron chi connectivity index (χ1n) is 12.2. The number of carbonyl (C=O) groups excluding carboxylic acids is 2. The van der Waals surface area contributed by atoms with Crippen LogP contribution in [0.15, 0.2) is 53.7 Å². The number of aliphatic hydroxyl groups excluding tert-OH is 1. The van der Waals surface area contributed by atoms with Crippen molar-refractivity contribution in [1.82, 2.24) is 10.3 Å². The number of aromatic nitrogens is 1. The minimum atomic E-state index is -10.1. The van der Waals surface area contributed by atoms with Crippen molar-refractivity contribution in [1.29, 1.82) is 5.26 Å². The quantitative estimate of drug-likeness (QED) is 0.381. The number of nitriles is 1. The monoisotopic (exact) mass is 594 g/mol. The average molecular weight is 595 g/mol. The van der Waals surface area contributed by atoms with Gasteiger partial charge >= 0.3 is 10.2 Å². The number of hydrogen-bond acceptors (Lipinski definition) is 5. The lowest BCUT2D eigenvalue weighted by Gasteiger charge is -2.42. The number of anilines is 1. The number of carbonyl (C=O) groups is 2. The van der Waals surface area contributed by atoms with Crippen molar-refractivity contribution in [3.8, 4) is 6.07 Å². The van der Waals surface area contributed by atoms with Crippen LogP contribution in [0.4, 0.5) is 33.9 Å². The van der Waals surface area contributed by atoms with E-state index in [1.807, 2.05) is 0 Å². The highest BCUT2D eigenvalue weighted by Gasteiger charge is 2.65. The first kappa shape index (κ1) is 29.6. The predicted molar refractivity (Wildman–Crippen MR) is 131 cm³/mol. The molecule has 4 atom stereocenters. The molecule has 1 unspecified atom stereocenters. The SMILES string of the molecule is N#C[C@@H]1[C@H](O)C[C@@H]1C(=O)N(c1ccc(S(F)(F)(F)(F)F)cc1)C(C(=O)NC1CCC(F)(F)CC1)c1cccnc1.